The second-order valence-electron chi connectivity index (χ2n) is 5.78. The molecule has 1 aromatic heterocycles. The Morgan fingerprint density at radius 3 is 1.50 bits per heavy atom. The summed E-state index contributed by atoms with van der Waals surface area (Å²) in [7, 11) is 0. The van der Waals surface area contributed by atoms with Crippen LogP contribution in [0.25, 0.3) is 34.2 Å². The third-order valence-electron chi connectivity index (χ3n) is 3.98. The molecule has 0 amide bonds. The lowest BCUT2D eigenvalue weighted by Gasteiger charge is -2.08. The van der Waals surface area contributed by atoms with Crippen LogP contribution in [0.2, 0.25) is 0 Å². The van der Waals surface area contributed by atoms with Gasteiger partial charge in [0.15, 0.2) is 17.5 Å². The summed E-state index contributed by atoms with van der Waals surface area (Å²) in [6.45, 7) is 0. The maximum absolute atomic E-state index is 11.1. The normalized spacial score (nSPS) is 10.5. The highest BCUT2D eigenvalue weighted by atomic mass is 16.1. The Morgan fingerprint density at radius 2 is 1.00 bits per heavy atom. The van der Waals surface area contributed by atoms with Crippen LogP contribution >= 0.6 is 0 Å². The largest absolute Gasteiger partial charge is 0.298 e. The van der Waals surface area contributed by atoms with Crippen LogP contribution in [0.4, 0.5) is 0 Å². The zero-order valence-electron chi connectivity index (χ0n) is 13.9. The van der Waals surface area contributed by atoms with Crippen LogP contribution in [0.3, 0.4) is 0 Å². The van der Waals surface area contributed by atoms with Gasteiger partial charge in [-0.1, -0.05) is 78.9 Å². The zero-order valence-corrected chi connectivity index (χ0v) is 13.9. The Balaban J connectivity index is 1.92. The summed E-state index contributed by atoms with van der Waals surface area (Å²) in [5.41, 5.74) is 3.21. The van der Waals surface area contributed by atoms with E-state index in [2.05, 4.69) is 15.0 Å². The van der Waals surface area contributed by atoms with Gasteiger partial charge in [-0.15, -0.1) is 0 Å². The zero-order chi connectivity index (χ0) is 17.8. The summed E-state index contributed by atoms with van der Waals surface area (Å²) in [4.78, 5) is 25.0. The van der Waals surface area contributed by atoms with Crippen molar-refractivity contribution in [3.8, 4) is 34.2 Å². The number of hydrogen-bond acceptors (Lipinski definition) is 4. The quantitative estimate of drug-likeness (QED) is 0.507. The van der Waals surface area contributed by atoms with Crippen LogP contribution in [0.15, 0.2) is 84.9 Å². The van der Waals surface area contributed by atoms with Gasteiger partial charge in [0.1, 0.15) is 6.29 Å². The lowest BCUT2D eigenvalue weighted by atomic mass is 10.1. The van der Waals surface area contributed by atoms with Gasteiger partial charge in [-0.05, 0) is 6.07 Å². The van der Waals surface area contributed by atoms with E-state index in [9.17, 15) is 4.79 Å². The van der Waals surface area contributed by atoms with E-state index in [4.69, 9.17) is 0 Å². The molecule has 0 aliphatic carbocycles. The third-order valence-corrected chi connectivity index (χ3v) is 3.98. The monoisotopic (exact) mass is 337 g/mol. The molecule has 0 spiro atoms. The minimum atomic E-state index is 0.543. The molecule has 0 N–H and O–H groups in total. The highest BCUT2D eigenvalue weighted by Crippen LogP contribution is 2.24. The van der Waals surface area contributed by atoms with E-state index in [0.717, 1.165) is 23.0 Å². The molecule has 124 valence electrons. The first-order chi connectivity index (χ1) is 12.8. The fraction of sp³-hybridized carbons (Fsp3) is 0. The first kappa shape index (κ1) is 15.8. The first-order valence-corrected chi connectivity index (χ1v) is 8.26. The molecular weight excluding hydrogens is 322 g/mol. The van der Waals surface area contributed by atoms with Gasteiger partial charge >= 0.3 is 0 Å². The lowest BCUT2D eigenvalue weighted by Crippen LogP contribution is -2.00. The minimum absolute atomic E-state index is 0.543. The van der Waals surface area contributed by atoms with Crippen molar-refractivity contribution in [2.75, 3.05) is 0 Å². The molecule has 4 nitrogen and oxygen atoms in total. The molecule has 0 aliphatic heterocycles. The van der Waals surface area contributed by atoms with Crippen LogP contribution < -0.4 is 0 Å². The first-order valence-electron chi connectivity index (χ1n) is 8.26. The van der Waals surface area contributed by atoms with Crippen molar-refractivity contribution in [1.29, 1.82) is 0 Å². The highest BCUT2D eigenvalue weighted by Gasteiger charge is 2.12. The van der Waals surface area contributed by atoms with Crippen molar-refractivity contribution >= 4 is 6.29 Å². The third kappa shape index (κ3) is 3.26. The molecule has 0 bridgehead atoms. The number of nitrogens with zero attached hydrogens (tertiary/aromatic N) is 3. The molecule has 0 saturated heterocycles. The SMILES string of the molecule is O=Cc1cccc(-c2nc(-c3ccccc3)nc(-c3ccccc3)n2)c1. The molecule has 0 aliphatic rings. The summed E-state index contributed by atoms with van der Waals surface area (Å²) in [5, 5.41) is 0. The Morgan fingerprint density at radius 1 is 0.538 bits per heavy atom. The van der Waals surface area contributed by atoms with Crippen molar-refractivity contribution in [1.82, 2.24) is 15.0 Å². The number of aldehydes is 1. The summed E-state index contributed by atoms with van der Waals surface area (Å²) in [6.07, 6.45) is 0.820. The fourth-order valence-corrected chi connectivity index (χ4v) is 2.69. The molecule has 0 fully saturated rings. The van der Waals surface area contributed by atoms with Gasteiger partial charge in [-0.2, -0.15) is 0 Å². The Bertz CT molecular complexity index is 989. The van der Waals surface area contributed by atoms with Gasteiger partial charge in [0.05, 0.1) is 0 Å². The number of carbonyl (C=O) groups is 1. The Labute approximate surface area is 151 Å². The van der Waals surface area contributed by atoms with Crippen LogP contribution in [0, 0.1) is 0 Å². The summed E-state index contributed by atoms with van der Waals surface area (Å²) >= 11 is 0. The fourth-order valence-electron chi connectivity index (χ4n) is 2.69. The van der Waals surface area contributed by atoms with E-state index in [1.165, 1.54) is 0 Å². The summed E-state index contributed by atoms with van der Waals surface area (Å²) < 4.78 is 0. The topological polar surface area (TPSA) is 55.7 Å². The second-order valence-corrected chi connectivity index (χ2v) is 5.78. The predicted molar refractivity (Wildman–Crippen MR) is 102 cm³/mol. The van der Waals surface area contributed by atoms with Crippen molar-refractivity contribution in [3.05, 3.63) is 90.5 Å². The summed E-state index contributed by atoms with van der Waals surface area (Å²) in [5.74, 6) is 1.75. The maximum Gasteiger partial charge on any atom is 0.164 e. The molecule has 0 radical (unpaired) electrons. The van der Waals surface area contributed by atoms with E-state index in [-0.39, 0.29) is 0 Å². The maximum atomic E-state index is 11.1. The van der Waals surface area contributed by atoms with Gasteiger partial charge < -0.3 is 0 Å². The van der Waals surface area contributed by atoms with E-state index < -0.39 is 0 Å². The van der Waals surface area contributed by atoms with Crippen LogP contribution in [-0.2, 0) is 0 Å². The van der Waals surface area contributed by atoms with Crippen LogP contribution in [-0.4, -0.2) is 21.2 Å². The average Bonchev–Trinajstić information content (AvgIpc) is 2.75. The van der Waals surface area contributed by atoms with Gasteiger partial charge in [0.25, 0.3) is 0 Å². The van der Waals surface area contributed by atoms with E-state index in [1.807, 2.05) is 72.8 Å². The molecule has 0 saturated carbocycles. The average molecular weight is 337 g/mol. The van der Waals surface area contributed by atoms with E-state index in [0.29, 0.717) is 23.0 Å². The van der Waals surface area contributed by atoms with Gasteiger partial charge in [0.2, 0.25) is 0 Å². The standard InChI is InChI=1S/C22H15N3O/c26-15-16-8-7-13-19(14-16)22-24-20(17-9-3-1-4-10-17)23-21(25-22)18-11-5-2-6-12-18/h1-15H. The van der Waals surface area contributed by atoms with Gasteiger partial charge in [0, 0.05) is 22.3 Å². The Kier molecular flexibility index (Phi) is 4.31. The van der Waals surface area contributed by atoms with Crippen molar-refractivity contribution in [2.24, 2.45) is 0 Å². The molecule has 4 aromatic rings. The molecule has 26 heavy (non-hydrogen) atoms. The molecular formula is C22H15N3O. The van der Waals surface area contributed by atoms with Crippen LogP contribution in [0.5, 0.6) is 0 Å². The van der Waals surface area contributed by atoms with Crippen molar-refractivity contribution in [2.45, 2.75) is 0 Å². The van der Waals surface area contributed by atoms with E-state index >= 15 is 0 Å². The number of carbonyl (C=O) groups excluding carboxylic acids is 1. The number of hydrogen-bond donors (Lipinski definition) is 0. The van der Waals surface area contributed by atoms with Gasteiger partial charge in [-0.25, -0.2) is 15.0 Å². The number of benzene rings is 3. The Hall–Kier alpha value is -3.66. The smallest absolute Gasteiger partial charge is 0.164 e. The van der Waals surface area contributed by atoms with Crippen molar-refractivity contribution in [3.63, 3.8) is 0 Å². The summed E-state index contributed by atoms with van der Waals surface area (Å²) in [6, 6.07) is 26.9. The molecule has 0 unspecified atom stereocenters. The molecule has 4 rings (SSSR count). The molecule has 0 atom stereocenters. The molecule has 1 heterocycles. The molecule has 4 heteroatoms. The van der Waals surface area contributed by atoms with Crippen molar-refractivity contribution < 1.29 is 4.79 Å². The lowest BCUT2D eigenvalue weighted by molar-refractivity contribution is 0.112. The van der Waals surface area contributed by atoms with Gasteiger partial charge in [-0.3, -0.25) is 4.79 Å². The second kappa shape index (κ2) is 7.07. The van der Waals surface area contributed by atoms with E-state index in [1.54, 1.807) is 12.1 Å². The minimum Gasteiger partial charge on any atom is -0.298 e. The predicted octanol–water partition coefficient (Wildman–Crippen LogP) is 4.69. The molecule has 3 aromatic carbocycles. The number of rotatable bonds is 4. The number of aromatic nitrogens is 3. The van der Waals surface area contributed by atoms with Crippen LogP contribution in [0.1, 0.15) is 10.4 Å². The highest BCUT2D eigenvalue weighted by molar-refractivity contribution is 5.78.